The van der Waals surface area contributed by atoms with Crippen LogP contribution in [0.15, 0.2) is 16.6 Å². The molecule has 0 fully saturated rings. The first kappa shape index (κ1) is 11.5. The number of hydrogen-bond acceptors (Lipinski definition) is 2. The molecule has 0 spiro atoms. The molecule has 3 nitrogen and oxygen atoms in total. The number of hydrogen-bond donors (Lipinski definition) is 1. The molecule has 1 aliphatic rings. The van der Waals surface area contributed by atoms with Gasteiger partial charge < -0.3 is 10.1 Å². The Morgan fingerprint density at radius 2 is 2.12 bits per heavy atom. The number of nitrogens with one attached hydrogen (secondary N) is 1. The fourth-order valence-electron chi connectivity index (χ4n) is 1.86. The predicted molar refractivity (Wildman–Crippen MR) is 66.8 cm³/mol. The van der Waals surface area contributed by atoms with E-state index in [9.17, 15) is 4.79 Å². The van der Waals surface area contributed by atoms with Crippen LogP contribution in [0.2, 0.25) is 0 Å². The van der Waals surface area contributed by atoms with Gasteiger partial charge in [-0.1, -0.05) is 13.8 Å². The van der Waals surface area contributed by atoms with Gasteiger partial charge >= 0.3 is 0 Å². The Morgan fingerprint density at radius 1 is 1.44 bits per heavy atom. The molecule has 1 N–H and O–H groups in total. The molecule has 0 bridgehead atoms. The molecule has 0 aromatic heterocycles. The van der Waals surface area contributed by atoms with Crippen LogP contribution in [0.4, 0.5) is 5.69 Å². The van der Waals surface area contributed by atoms with Gasteiger partial charge in [-0.2, -0.15) is 0 Å². The Balaban J connectivity index is 2.48. The van der Waals surface area contributed by atoms with Crippen molar-refractivity contribution < 1.29 is 9.53 Å². The maximum atomic E-state index is 11.8. The number of halogens is 1. The summed E-state index contributed by atoms with van der Waals surface area (Å²) in [5, 5.41) is 2.91. The van der Waals surface area contributed by atoms with Crippen LogP contribution in [0.1, 0.15) is 19.4 Å². The summed E-state index contributed by atoms with van der Waals surface area (Å²) in [4.78, 5) is 11.8. The highest BCUT2D eigenvalue weighted by Crippen LogP contribution is 2.38. The number of amides is 1. The minimum Gasteiger partial charge on any atom is -0.495 e. The summed E-state index contributed by atoms with van der Waals surface area (Å²) < 4.78 is 6.12. The fourth-order valence-corrected chi connectivity index (χ4v) is 2.41. The highest BCUT2D eigenvalue weighted by molar-refractivity contribution is 9.10. The lowest BCUT2D eigenvalue weighted by Gasteiger charge is -2.30. The molecular weight excluding hydrogens is 270 g/mol. The summed E-state index contributed by atoms with van der Waals surface area (Å²) in [7, 11) is 1.61. The summed E-state index contributed by atoms with van der Waals surface area (Å²) in [5.74, 6) is 0.795. The summed E-state index contributed by atoms with van der Waals surface area (Å²) in [6.45, 7) is 3.90. The molecule has 0 atom stereocenters. The molecule has 4 heteroatoms. The van der Waals surface area contributed by atoms with Crippen molar-refractivity contribution in [1.29, 1.82) is 0 Å². The lowest BCUT2D eigenvalue weighted by molar-refractivity contribution is -0.124. The molecule has 0 saturated heterocycles. The Labute approximate surface area is 103 Å². The Hall–Kier alpha value is -1.03. The predicted octanol–water partition coefficient (Wildman–Crippen LogP) is 2.98. The lowest BCUT2D eigenvalue weighted by atomic mass is 9.81. The van der Waals surface area contributed by atoms with Gasteiger partial charge in [0.2, 0.25) is 5.91 Å². The van der Waals surface area contributed by atoms with E-state index in [1.165, 1.54) is 0 Å². The first-order chi connectivity index (χ1) is 7.44. The van der Waals surface area contributed by atoms with Crippen molar-refractivity contribution in [3.63, 3.8) is 0 Å². The van der Waals surface area contributed by atoms with Crippen LogP contribution in [0, 0.1) is 5.41 Å². The maximum absolute atomic E-state index is 11.8. The van der Waals surface area contributed by atoms with Gasteiger partial charge in [0.1, 0.15) is 5.75 Å². The summed E-state index contributed by atoms with van der Waals surface area (Å²) in [5.41, 5.74) is 1.64. The Morgan fingerprint density at radius 3 is 2.75 bits per heavy atom. The van der Waals surface area contributed by atoms with Gasteiger partial charge in [0.15, 0.2) is 0 Å². The van der Waals surface area contributed by atoms with Gasteiger partial charge in [0.05, 0.1) is 11.6 Å². The summed E-state index contributed by atoms with van der Waals surface area (Å²) >= 11 is 3.45. The zero-order chi connectivity index (χ0) is 11.9. The first-order valence-corrected chi connectivity index (χ1v) is 5.91. The number of carbonyl (C=O) groups excluding carboxylic acids is 1. The number of carbonyl (C=O) groups is 1. The third-order valence-electron chi connectivity index (χ3n) is 2.87. The number of fused-ring (bicyclic) bond motifs is 1. The smallest absolute Gasteiger partial charge is 0.230 e. The molecule has 1 aromatic carbocycles. The number of methoxy groups -OCH3 is 1. The number of rotatable bonds is 1. The topological polar surface area (TPSA) is 38.3 Å². The van der Waals surface area contributed by atoms with E-state index in [1.54, 1.807) is 7.11 Å². The van der Waals surface area contributed by atoms with Gasteiger partial charge in [-0.05, 0) is 34.0 Å². The molecule has 86 valence electrons. The number of benzene rings is 1. The van der Waals surface area contributed by atoms with Crippen molar-refractivity contribution in [1.82, 2.24) is 0 Å². The zero-order valence-corrected chi connectivity index (χ0v) is 11.1. The minimum atomic E-state index is -0.346. The van der Waals surface area contributed by atoms with Crippen LogP contribution in [-0.4, -0.2) is 13.0 Å². The van der Waals surface area contributed by atoms with Crippen LogP contribution in [0.5, 0.6) is 5.75 Å². The largest absolute Gasteiger partial charge is 0.495 e. The van der Waals surface area contributed by atoms with E-state index in [2.05, 4.69) is 21.2 Å². The quantitative estimate of drug-likeness (QED) is 0.861. The third kappa shape index (κ3) is 1.82. The van der Waals surface area contributed by atoms with E-state index in [0.717, 1.165) is 27.9 Å². The molecular formula is C12H14BrNO2. The SMILES string of the molecule is COc1cc2c(cc1Br)CC(C)(C)C(=O)N2. The van der Waals surface area contributed by atoms with Crippen molar-refractivity contribution >= 4 is 27.5 Å². The Kier molecular flexibility index (Phi) is 2.70. The highest BCUT2D eigenvalue weighted by Gasteiger charge is 2.33. The van der Waals surface area contributed by atoms with Crippen LogP contribution >= 0.6 is 15.9 Å². The number of ether oxygens (including phenoxy) is 1. The van der Waals surface area contributed by atoms with Crippen LogP contribution in [0.3, 0.4) is 0 Å². The second-order valence-corrected chi connectivity index (χ2v) is 5.51. The molecule has 0 aliphatic carbocycles. The zero-order valence-electron chi connectivity index (χ0n) is 9.56. The van der Waals surface area contributed by atoms with Crippen molar-refractivity contribution in [2.45, 2.75) is 20.3 Å². The summed E-state index contributed by atoms with van der Waals surface area (Å²) in [6.07, 6.45) is 0.747. The van der Waals surface area contributed by atoms with Crippen LogP contribution < -0.4 is 10.1 Å². The maximum Gasteiger partial charge on any atom is 0.230 e. The van der Waals surface area contributed by atoms with E-state index >= 15 is 0 Å². The highest BCUT2D eigenvalue weighted by atomic mass is 79.9. The monoisotopic (exact) mass is 283 g/mol. The van der Waals surface area contributed by atoms with Crippen molar-refractivity contribution in [2.24, 2.45) is 5.41 Å². The van der Waals surface area contributed by atoms with E-state index in [-0.39, 0.29) is 11.3 Å². The van der Waals surface area contributed by atoms with E-state index in [0.29, 0.717) is 0 Å². The molecule has 0 saturated carbocycles. The van der Waals surface area contributed by atoms with Gasteiger partial charge in [-0.25, -0.2) is 0 Å². The first-order valence-electron chi connectivity index (χ1n) is 5.12. The molecule has 1 heterocycles. The molecule has 2 rings (SSSR count). The van der Waals surface area contributed by atoms with Crippen LogP contribution in [-0.2, 0) is 11.2 Å². The molecule has 0 radical (unpaired) electrons. The minimum absolute atomic E-state index is 0.0596. The molecule has 0 unspecified atom stereocenters. The molecule has 16 heavy (non-hydrogen) atoms. The van der Waals surface area contributed by atoms with Gasteiger partial charge in [0.25, 0.3) is 0 Å². The van der Waals surface area contributed by atoms with E-state index in [1.807, 2.05) is 26.0 Å². The normalized spacial score (nSPS) is 17.6. The van der Waals surface area contributed by atoms with Crippen LogP contribution in [0.25, 0.3) is 0 Å². The van der Waals surface area contributed by atoms with Gasteiger partial charge in [-0.15, -0.1) is 0 Å². The van der Waals surface area contributed by atoms with Crippen molar-refractivity contribution in [2.75, 3.05) is 12.4 Å². The molecule has 1 aromatic rings. The Bertz CT molecular complexity index is 455. The average molecular weight is 284 g/mol. The van der Waals surface area contributed by atoms with E-state index in [4.69, 9.17) is 4.74 Å². The van der Waals surface area contributed by atoms with Crippen molar-refractivity contribution in [3.8, 4) is 5.75 Å². The lowest BCUT2D eigenvalue weighted by Crippen LogP contribution is -2.37. The second kappa shape index (κ2) is 3.77. The van der Waals surface area contributed by atoms with E-state index < -0.39 is 0 Å². The second-order valence-electron chi connectivity index (χ2n) is 4.66. The standard InChI is InChI=1S/C12H14BrNO2/c1-12(2)6-7-4-8(13)10(16-3)5-9(7)14-11(12)15/h4-5H,6H2,1-3H3,(H,14,15). The van der Waals surface area contributed by atoms with Gasteiger partial charge in [0, 0.05) is 17.2 Å². The van der Waals surface area contributed by atoms with Crippen molar-refractivity contribution in [3.05, 3.63) is 22.2 Å². The third-order valence-corrected chi connectivity index (χ3v) is 3.49. The molecule has 1 aliphatic heterocycles. The summed E-state index contributed by atoms with van der Waals surface area (Å²) in [6, 6.07) is 3.86. The molecule has 1 amide bonds. The van der Waals surface area contributed by atoms with Gasteiger partial charge in [-0.3, -0.25) is 4.79 Å². The fraction of sp³-hybridized carbons (Fsp3) is 0.417. The number of anilines is 1. The average Bonchev–Trinajstić information content (AvgIpc) is 2.19.